The van der Waals surface area contributed by atoms with E-state index in [0.29, 0.717) is 0 Å². The molecule has 3 aromatic rings. The molecular weight excluding hydrogens is 345 g/mol. The minimum atomic E-state index is -4.56. The first-order valence-electron chi connectivity index (χ1n) is 8.02. The fourth-order valence-corrected chi connectivity index (χ4v) is 2.88. The zero-order valence-corrected chi connectivity index (χ0v) is 13.7. The Labute approximate surface area is 147 Å². The number of para-hydroxylation sites is 1. The van der Waals surface area contributed by atoms with Crippen LogP contribution in [-0.4, -0.2) is 22.5 Å². The topological polar surface area (TPSA) is 65.1 Å². The number of fused-ring (bicyclic) bond motifs is 1. The van der Waals surface area contributed by atoms with Gasteiger partial charge in [-0.15, -0.1) is 0 Å². The quantitative estimate of drug-likeness (QED) is 0.650. The van der Waals surface area contributed by atoms with Crippen LogP contribution in [0.5, 0.6) is 0 Å². The Kier molecular flexibility index (Phi) is 4.99. The summed E-state index contributed by atoms with van der Waals surface area (Å²) < 4.78 is 39.0. The molecular formula is C19H17F3N2O2. The summed E-state index contributed by atoms with van der Waals surface area (Å²) in [5.74, 6) is -0.377. The zero-order chi connectivity index (χ0) is 18.7. The molecule has 3 rings (SSSR count). The van der Waals surface area contributed by atoms with Gasteiger partial charge in [0.05, 0.1) is 18.1 Å². The molecule has 0 unspecified atom stereocenters. The standard InChI is InChI=1S/C19H17F3N2O2/c20-19(21,22)15-7-3-1-6-14(15)17(25)11-24-18(26)9-12-10-23-16-8-4-2-5-13(12)16/h1-8,10,17,23,25H,9,11H2,(H,24,26)/t17-/m1/s1. The molecule has 0 radical (unpaired) electrons. The molecule has 136 valence electrons. The number of halogens is 3. The highest BCUT2D eigenvalue weighted by molar-refractivity contribution is 5.88. The largest absolute Gasteiger partial charge is 0.416 e. The molecule has 1 heterocycles. The van der Waals surface area contributed by atoms with E-state index in [1.165, 1.54) is 18.2 Å². The summed E-state index contributed by atoms with van der Waals surface area (Å²) in [5, 5.41) is 13.5. The Morgan fingerprint density at radius 3 is 2.58 bits per heavy atom. The molecule has 1 aromatic heterocycles. The van der Waals surface area contributed by atoms with Crippen LogP contribution in [0.4, 0.5) is 13.2 Å². The van der Waals surface area contributed by atoms with Gasteiger partial charge in [-0.3, -0.25) is 4.79 Å². The van der Waals surface area contributed by atoms with E-state index in [1.807, 2.05) is 24.3 Å². The van der Waals surface area contributed by atoms with Gasteiger partial charge in [0.1, 0.15) is 0 Å². The van der Waals surface area contributed by atoms with Crippen LogP contribution in [0, 0.1) is 0 Å². The second-order valence-corrected chi connectivity index (χ2v) is 5.94. The third-order valence-corrected chi connectivity index (χ3v) is 4.14. The Morgan fingerprint density at radius 1 is 1.12 bits per heavy atom. The number of aliphatic hydroxyl groups excluding tert-OH is 1. The molecule has 0 fully saturated rings. The summed E-state index contributed by atoms with van der Waals surface area (Å²) in [6.45, 7) is -0.297. The molecule has 1 amide bonds. The number of carbonyl (C=O) groups is 1. The van der Waals surface area contributed by atoms with E-state index in [0.717, 1.165) is 22.5 Å². The van der Waals surface area contributed by atoms with E-state index < -0.39 is 17.8 Å². The van der Waals surface area contributed by atoms with Crippen LogP contribution in [0.25, 0.3) is 10.9 Å². The van der Waals surface area contributed by atoms with Crippen LogP contribution >= 0.6 is 0 Å². The predicted molar refractivity (Wildman–Crippen MR) is 91.4 cm³/mol. The van der Waals surface area contributed by atoms with Crippen LogP contribution < -0.4 is 5.32 Å². The fourth-order valence-electron chi connectivity index (χ4n) is 2.88. The lowest BCUT2D eigenvalue weighted by Crippen LogP contribution is -2.30. The van der Waals surface area contributed by atoms with Gasteiger partial charge in [-0.1, -0.05) is 36.4 Å². The molecule has 1 atom stereocenters. The number of nitrogens with one attached hydrogen (secondary N) is 2. The smallest absolute Gasteiger partial charge is 0.387 e. The molecule has 0 saturated carbocycles. The molecule has 26 heavy (non-hydrogen) atoms. The average Bonchev–Trinajstić information content (AvgIpc) is 3.02. The third kappa shape index (κ3) is 3.88. The number of rotatable bonds is 5. The van der Waals surface area contributed by atoms with Gasteiger partial charge in [0.2, 0.25) is 5.91 Å². The van der Waals surface area contributed by atoms with Crippen molar-refractivity contribution in [3.05, 3.63) is 71.4 Å². The summed E-state index contributed by atoms with van der Waals surface area (Å²) in [5.41, 5.74) is 0.517. The number of benzene rings is 2. The predicted octanol–water partition coefficient (Wildman–Crippen LogP) is 3.58. The summed E-state index contributed by atoms with van der Waals surface area (Å²) >= 11 is 0. The van der Waals surface area contributed by atoms with Crippen molar-refractivity contribution < 1.29 is 23.1 Å². The van der Waals surface area contributed by atoms with Gasteiger partial charge in [-0.05, 0) is 23.3 Å². The van der Waals surface area contributed by atoms with E-state index in [9.17, 15) is 23.1 Å². The highest BCUT2D eigenvalue weighted by atomic mass is 19.4. The number of carbonyl (C=O) groups excluding carboxylic acids is 1. The molecule has 0 aliphatic rings. The lowest BCUT2D eigenvalue weighted by molar-refractivity contribution is -0.139. The summed E-state index contributed by atoms with van der Waals surface area (Å²) in [6.07, 6.45) is -4.22. The van der Waals surface area contributed by atoms with Crippen molar-refractivity contribution in [3.63, 3.8) is 0 Å². The molecule has 0 saturated heterocycles. The summed E-state index contributed by atoms with van der Waals surface area (Å²) in [6, 6.07) is 12.3. The summed E-state index contributed by atoms with van der Waals surface area (Å²) in [4.78, 5) is 15.2. The van der Waals surface area contributed by atoms with Crippen molar-refractivity contribution in [1.29, 1.82) is 0 Å². The molecule has 0 aliphatic heterocycles. The Balaban J connectivity index is 1.65. The fraction of sp³-hybridized carbons (Fsp3) is 0.211. The van der Waals surface area contributed by atoms with Crippen LogP contribution in [-0.2, 0) is 17.4 Å². The van der Waals surface area contributed by atoms with Crippen molar-refractivity contribution in [2.45, 2.75) is 18.7 Å². The van der Waals surface area contributed by atoms with Crippen LogP contribution in [0.3, 0.4) is 0 Å². The first-order valence-corrected chi connectivity index (χ1v) is 8.02. The van der Waals surface area contributed by atoms with Gasteiger partial charge in [-0.25, -0.2) is 0 Å². The van der Waals surface area contributed by atoms with Crippen molar-refractivity contribution in [2.24, 2.45) is 0 Å². The average molecular weight is 362 g/mol. The monoisotopic (exact) mass is 362 g/mol. The van der Waals surface area contributed by atoms with Crippen LogP contribution in [0.1, 0.15) is 22.8 Å². The minimum Gasteiger partial charge on any atom is -0.387 e. The van der Waals surface area contributed by atoms with E-state index >= 15 is 0 Å². The van der Waals surface area contributed by atoms with Gasteiger partial charge in [0, 0.05) is 23.6 Å². The normalized spacial score (nSPS) is 12.9. The van der Waals surface area contributed by atoms with Gasteiger partial charge < -0.3 is 15.4 Å². The van der Waals surface area contributed by atoms with E-state index in [-0.39, 0.29) is 24.4 Å². The lowest BCUT2D eigenvalue weighted by Gasteiger charge is -2.17. The van der Waals surface area contributed by atoms with Gasteiger partial charge >= 0.3 is 6.18 Å². The number of alkyl halides is 3. The van der Waals surface area contributed by atoms with Crippen LogP contribution in [0.2, 0.25) is 0 Å². The number of hydrogen-bond donors (Lipinski definition) is 3. The molecule has 0 spiro atoms. The highest BCUT2D eigenvalue weighted by Crippen LogP contribution is 2.34. The van der Waals surface area contributed by atoms with Crippen LogP contribution in [0.15, 0.2) is 54.7 Å². The second kappa shape index (κ2) is 7.21. The number of aromatic amines is 1. The summed E-state index contributed by atoms with van der Waals surface area (Å²) in [7, 11) is 0. The zero-order valence-electron chi connectivity index (χ0n) is 13.7. The van der Waals surface area contributed by atoms with Crippen molar-refractivity contribution in [2.75, 3.05) is 6.54 Å². The highest BCUT2D eigenvalue weighted by Gasteiger charge is 2.34. The van der Waals surface area contributed by atoms with Gasteiger partial charge in [-0.2, -0.15) is 13.2 Å². The van der Waals surface area contributed by atoms with E-state index in [4.69, 9.17) is 0 Å². The molecule has 3 N–H and O–H groups in total. The maximum absolute atomic E-state index is 13.0. The van der Waals surface area contributed by atoms with E-state index in [1.54, 1.807) is 6.20 Å². The van der Waals surface area contributed by atoms with Gasteiger partial charge in [0.25, 0.3) is 0 Å². The number of aliphatic hydroxyl groups is 1. The number of amides is 1. The molecule has 4 nitrogen and oxygen atoms in total. The van der Waals surface area contributed by atoms with Crippen molar-refractivity contribution >= 4 is 16.8 Å². The number of hydrogen-bond acceptors (Lipinski definition) is 2. The Morgan fingerprint density at radius 2 is 1.81 bits per heavy atom. The molecule has 0 bridgehead atoms. The number of H-pyrrole nitrogens is 1. The van der Waals surface area contributed by atoms with E-state index in [2.05, 4.69) is 10.3 Å². The van der Waals surface area contributed by atoms with Crippen molar-refractivity contribution in [3.8, 4) is 0 Å². The van der Waals surface area contributed by atoms with Crippen molar-refractivity contribution in [1.82, 2.24) is 10.3 Å². The second-order valence-electron chi connectivity index (χ2n) is 5.94. The third-order valence-electron chi connectivity index (χ3n) is 4.14. The maximum atomic E-state index is 13.0. The molecule has 0 aliphatic carbocycles. The Bertz CT molecular complexity index is 918. The Hall–Kier alpha value is -2.80. The maximum Gasteiger partial charge on any atom is 0.416 e. The first-order chi connectivity index (χ1) is 12.4. The SMILES string of the molecule is O=C(Cc1c[nH]c2ccccc12)NC[C@@H](O)c1ccccc1C(F)(F)F. The first kappa shape index (κ1) is 18.0. The molecule has 7 heteroatoms. The molecule has 2 aromatic carbocycles. The van der Waals surface area contributed by atoms with Gasteiger partial charge in [0.15, 0.2) is 0 Å². The minimum absolute atomic E-state index is 0.0671. The lowest BCUT2D eigenvalue weighted by atomic mass is 10.0. The number of aromatic nitrogens is 1.